The number of carbonyl (C=O) groups is 2. The van der Waals surface area contributed by atoms with Gasteiger partial charge >= 0.3 is 0 Å². The highest BCUT2D eigenvalue weighted by molar-refractivity contribution is 5.95. The smallest absolute Gasteiger partial charge is 0.240 e. The lowest BCUT2D eigenvalue weighted by Crippen LogP contribution is -2.28. The summed E-state index contributed by atoms with van der Waals surface area (Å²) in [7, 11) is 0. The van der Waals surface area contributed by atoms with Crippen LogP contribution in [0.5, 0.6) is 0 Å². The van der Waals surface area contributed by atoms with E-state index in [4.69, 9.17) is 0 Å². The third kappa shape index (κ3) is 3.61. The molecule has 0 bridgehead atoms. The van der Waals surface area contributed by atoms with Crippen molar-refractivity contribution in [2.24, 2.45) is 0 Å². The van der Waals surface area contributed by atoms with E-state index in [0.29, 0.717) is 18.8 Å². The number of aliphatic hydroxyl groups excluding tert-OH is 1. The summed E-state index contributed by atoms with van der Waals surface area (Å²) in [5.41, 5.74) is 3.43. The second kappa shape index (κ2) is 7.82. The number of hydrogen-bond donors (Lipinski definition) is 2. The van der Waals surface area contributed by atoms with Crippen molar-refractivity contribution in [3.8, 4) is 0 Å². The van der Waals surface area contributed by atoms with Crippen LogP contribution >= 0.6 is 0 Å². The number of carbonyl (C=O) groups excluding carboxylic acids is 2. The summed E-state index contributed by atoms with van der Waals surface area (Å²) in [6.07, 6.45) is 1.51. The van der Waals surface area contributed by atoms with Crippen molar-refractivity contribution in [2.45, 2.75) is 32.5 Å². The van der Waals surface area contributed by atoms with Gasteiger partial charge in [-0.2, -0.15) is 0 Å². The van der Waals surface area contributed by atoms with Gasteiger partial charge in [0.25, 0.3) is 0 Å². The van der Waals surface area contributed by atoms with E-state index >= 15 is 0 Å². The standard InChI is InChI=1S/C21H22N4O3/c26-14-19-23-17-4-1-2-5-18(17)25(19)13-20(27)22-12-15-7-9-16(10-8-15)24-11-3-6-21(24)28/h1-2,4-5,7-10,26H,3,6,11-14H2,(H,22,27). The van der Waals surface area contributed by atoms with Crippen LogP contribution in [0.25, 0.3) is 11.0 Å². The third-order valence-electron chi connectivity index (χ3n) is 4.99. The monoisotopic (exact) mass is 378 g/mol. The molecular weight excluding hydrogens is 356 g/mol. The van der Waals surface area contributed by atoms with Crippen molar-refractivity contribution in [3.05, 3.63) is 59.9 Å². The van der Waals surface area contributed by atoms with Gasteiger partial charge in [0.2, 0.25) is 11.8 Å². The van der Waals surface area contributed by atoms with Crippen LogP contribution in [0.4, 0.5) is 5.69 Å². The number of aromatic nitrogens is 2. The largest absolute Gasteiger partial charge is 0.388 e. The van der Waals surface area contributed by atoms with Crippen molar-refractivity contribution in [3.63, 3.8) is 0 Å². The molecule has 0 atom stereocenters. The van der Waals surface area contributed by atoms with Crippen molar-refractivity contribution in [2.75, 3.05) is 11.4 Å². The highest BCUT2D eigenvalue weighted by atomic mass is 16.3. The zero-order chi connectivity index (χ0) is 19.5. The average Bonchev–Trinajstić information content (AvgIpc) is 3.30. The first-order valence-electron chi connectivity index (χ1n) is 9.37. The van der Waals surface area contributed by atoms with Crippen LogP contribution in [-0.4, -0.2) is 33.0 Å². The molecule has 0 spiro atoms. The van der Waals surface area contributed by atoms with Crippen LogP contribution in [0.15, 0.2) is 48.5 Å². The second-order valence-corrected chi connectivity index (χ2v) is 6.85. The summed E-state index contributed by atoms with van der Waals surface area (Å²) in [5, 5.41) is 12.4. The van der Waals surface area contributed by atoms with Gasteiger partial charge in [-0.1, -0.05) is 24.3 Å². The molecule has 1 aliphatic rings. The lowest BCUT2D eigenvalue weighted by atomic mass is 10.2. The first kappa shape index (κ1) is 18.2. The molecule has 7 heteroatoms. The fourth-order valence-electron chi connectivity index (χ4n) is 3.54. The van der Waals surface area contributed by atoms with Gasteiger partial charge in [0.1, 0.15) is 19.0 Å². The molecular formula is C21H22N4O3. The lowest BCUT2D eigenvalue weighted by molar-refractivity contribution is -0.121. The molecule has 1 saturated heterocycles. The average molecular weight is 378 g/mol. The molecule has 7 nitrogen and oxygen atoms in total. The molecule has 3 aromatic rings. The summed E-state index contributed by atoms with van der Waals surface area (Å²) >= 11 is 0. The van der Waals surface area contributed by atoms with Crippen molar-refractivity contribution in [1.82, 2.24) is 14.9 Å². The van der Waals surface area contributed by atoms with Crippen LogP contribution in [0.2, 0.25) is 0 Å². The van der Waals surface area contributed by atoms with E-state index in [-0.39, 0.29) is 25.0 Å². The molecule has 0 unspecified atom stereocenters. The Balaban J connectivity index is 1.39. The Labute approximate surface area is 162 Å². The predicted octanol–water partition coefficient (Wildman–Crippen LogP) is 1.97. The lowest BCUT2D eigenvalue weighted by Gasteiger charge is -2.16. The topological polar surface area (TPSA) is 87.5 Å². The molecule has 4 rings (SSSR count). The quantitative estimate of drug-likeness (QED) is 0.687. The van der Waals surface area contributed by atoms with E-state index in [1.54, 1.807) is 9.47 Å². The molecule has 0 aliphatic carbocycles. The molecule has 1 aliphatic heterocycles. The fourth-order valence-corrected chi connectivity index (χ4v) is 3.54. The van der Waals surface area contributed by atoms with Gasteiger partial charge < -0.3 is 19.9 Å². The zero-order valence-corrected chi connectivity index (χ0v) is 15.5. The number of rotatable bonds is 6. The minimum atomic E-state index is -0.224. The number of aliphatic hydroxyl groups is 1. The molecule has 2 aromatic carbocycles. The van der Waals surface area contributed by atoms with Crippen molar-refractivity contribution in [1.29, 1.82) is 0 Å². The Bertz CT molecular complexity index is 1010. The first-order chi connectivity index (χ1) is 13.7. The Kier molecular flexibility index (Phi) is 5.08. The molecule has 0 saturated carbocycles. The maximum absolute atomic E-state index is 12.4. The van der Waals surface area contributed by atoms with Crippen LogP contribution < -0.4 is 10.2 Å². The van der Waals surface area contributed by atoms with Crippen LogP contribution in [0, 0.1) is 0 Å². The highest BCUT2D eigenvalue weighted by Crippen LogP contribution is 2.21. The van der Waals surface area contributed by atoms with E-state index in [2.05, 4.69) is 10.3 Å². The molecule has 1 aromatic heterocycles. The van der Waals surface area contributed by atoms with Gasteiger partial charge in [-0.15, -0.1) is 0 Å². The van der Waals surface area contributed by atoms with E-state index in [1.807, 2.05) is 48.5 Å². The van der Waals surface area contributed by atoms with Gasteiger partial charge in [-0.05, 0) is 36.2 Å². The Morgan fingerprint density at radius 1 is 1.14 bits per heavy atom. The van der Waals surface area contributed by atoms with Gasteiger partial charge in [0.05, 0.1) is 11.0 Å². The Morgan fingerprint density at radius 3 is 2.64 bits per heavy atom. The molecule has 1 fully saturated rings. The molecule has 144 valence electrons. The van der Waals surface area contributed by atoms with E-state index in [0.717, 1.165) is 35.2 Å². The number of anilines is 1. The Morgan fingerprint density at radius 2 is 1.93 bits per heavy atom. The molecule has 2 amide bonds. The first-order valence-corrected chi connectivity index (χ1v) is 9.37. The van der Waals surface area contributed by atoms with E-state index in [1.165, 1.54) is 0 Å². The number of imidazole rings is 1. The molecule has 2 heterocycles. The van der Waals surface area contributed by atoms with Crippen molar-refractivity contribution >= 4 is 28.5 Å². The van der Waals surface area contributed by atoms with Gasteiger partial charge in [0, 0.05) is 25.2 Å². The minimum Gasteiger partial charge on any atom is -0.388 e. The predicted molar refractivity (Wildman–Crippen MR) is 106 cm³/mol. The molecule has 0 radical (unpaired) electrons. The van der Waals surface area contributed by atoms with E-state index < -0.39 is 0 Å². The van der Waals surface area contributed by atoms with Crippen molar-refractivity contribution < 1.29 is 14.7 Å². The highest BCUT2D eigenvalue weighted by Gasteiger charge is 2.21. The molecule has 2 N–H and O–H groups in total. The Hall–Kier alpha value is -3.19. The number of benzene rings is 2. The summed E-state index contributed by atoms with van der Waals surface area (Å²) in [4.78, 5) is 30.4. The minimum absolute atomic E-state index is 0.0940. The van der Waals surface area contributed by atoms with Gasteiger partial charge in [0.15, 0.2) is 0 Å². The number of amides is 2. The number of nitrogens with zero attached hydrogens (tertiary/aromatic N) is 3. The SMILES string of the molecule is O=C(Cn1c(CO)nc2ccccc21)NCc1ccc(N2CCCC2=O)cc1. The number of fused-ring (bicyclic) bond motifs is 1. The van der Waals surface area contributed by atoms with Crippen LogP contribution in [0.3, 0.4) is 0 Å². The number of hydrogen-bond acceptors (Lipinski definition) is 4. The maximum atomic E-state index is 12.4. The fraction of sp³-hybridized carbons (Fsp3) is 0.286. The van der Waals surface area contributed by atoms with E-state index in [9.17, 15) is 14.7 Å². The number of nitrogens with one attached hydrogen (secondary N) is 1. The molecule has 28 heavy (non-hydrogen) atoms. The van der Waals surface area contributed by atoms with Crippen LogP contribution in [0.1, 0.15) is 24.2 Å². The summed E-state index contributed by atoms with van der Waals surface area (Å²) in [5.74, 6) is 0.473. The summed E-state index contributed by atoms with van der Waals surface area (Å²) < 4.78 is 1.73. The zero-order valence-electron chi connectivity index (χ0n) is 15.5. The normalized spacial score (nSPS) is 14.0. The third-order valence-corrected chi connectivity index (χ3v) is 4.99. The number of para-hydroxylation sites is 2. The van der Waals surface area contributed by atoms with Gasteiger partial charge in [-0.25, -0.2) is 4.98 Å². The second-order valence-electron chi connectivity index (χ2n) is 6.85. The van der Waals surface area contributed by atoms with Gasteiger partial charge in [-0.3, -0.25) is 9.59 Å². The van der Waals surface area contributed by atoms with Crippen LogP contribution in [-0.2, 0) is 29.3 Å². The maximum Gasteiger partial charge on any atom is 0.240 e. The summed E-state index contributed by atoms with van der Waals surface area (Å²) in [6, 6.07) is 15.2. The summed E-state index contributed by atoms with van der Waals surface area (Å²) in [6.45, 7) is 1.03.